The van der Waals surface area contributed by atoms with Gasteiger partial charge in [-0.3, -0.25) is 29.5 Å². The van der Waals surface area contributed by atoms with Crippen LogP contribution < -0.4 is 25.8 Å². The van der Waals surface area contributed by atoms with Crippen molar-refractivity contribution >= 4 is 51.5 Å². The number of amides is 3. The molecule has 0 spiro atoms. The molecule has 0 saturated carbocycles. The highest BCUT2D eigenvalue weighted by Crippen LogP contribution is 2.38. The lowest BCUT2D eigenvalue weighted by Crippen LogP contribution is -2.47. The average molecular weight is 795 g/mol. The minimum absolute atomic E-state index is 0.0830. The highest BCUT2D eigenvalue weighted by atomic mass is 35.5. The Kier molecular flexibility index (Phi) is 10.4. The standard InChI is InChI=1S/C43H41ClF2N6O5/c1-50-22-31(29-9-13-47-21-30(29)42(50)55)26-18-33(44)40(38(19-26)57-2)43(56)52-16-12-28-25(3-5-34(45)32(28)23-52)17-24-10-14-51(15-11-24)37-7-4-27(20-35(37)46)48-36-6-8-39(53)49-41(36)54/h3-5,7,9,13,18-22,24,36,48H,6,8,10-12,14-17,23H2,1-2H3,(H,49,53,54). The van der Waals surface area contributed by atoms with Crippen molar-refractivity contribution in [1.82, 2.24) is 19.8 Å². The van der Waals surface area contributed by atoms with E-state index in [-0.39, 0.29) is 58.3 Å². The number of fused-ring (bicyclic) bond motifs is 2. The van der Waals surface area contributed by atoms with Gasteiger partial charge in [0.15, 0.2) is 0 Å². The van der Waals surface area contributed by atoms with Gasteiger partial charge in [0.2, 0.25) is 11.8 Å². The van der Waals surface area contributed by atoms with Crippen LogP contribution in [0, 0.1) is 17.6 Å². The first-order valence-corrected chi connectivity index (χ1v) is 19.4. The second-order valence-electron chi connectivity index (χ2n) is 15.0. The van der Waals surface area contributed by atoms with E-state index in [1.807, 2.05) is 11.0 Å². The van der Waals surface area contributed by atoms with Crippen LogP contribution in [-0.4, -0.2) is 65.0 Å². The van der Waals surface area contributed by atoms with Gasteiger partial charge in [-0.15, -0.1) is 0 Å². The molecule has 1 unspecified atom stereocenters. The fourth-order valence-corrected chi connectivity index (χ4v) is 8.75. The molecule has 294 valence electrons. The van der Waals surface area contributed by atoms with Gasteiger partial charge in [-0.05, 0) is 103 Å². The number of benzene rings is 3. The first kappa shape index (κ1) is 38.1. The molecule has 57 heavy (non-hydrogen) atoms. The Bertz CT molecular complexity index is 2500. The van der Waals surface area contributed by atoms with Gasteiger partial charge >= 0.3 is 0 Å². The summed E-state index contributed by atoms with van der Waals surface area (Å²) >= 11 is 6.84. The van der Waals surface area contributed by atoms with Gasteiger partial charge in [0.1, 0.15) is 29.0 Å². The van der Waals surface area contributed by atoms with Crippen molar-refractivity contribution in [2.45, 2.75) is 51.1 Å². The van der Waals surface area contributed by atoms with Crippen molar-refractivity contribution in [3.05, 3.63) is 116 Å². The van der Waals surface area contributed by atoms with Crippen molar-refractivity contribution in [1.29, 1.82) is 0 Å². The first-order chi connectivity index (χ1) is 27.5. The lowest BCUT2D eigenvalue weighted by Gasteiger charge is -2.35. The number of anilines is 2. The Labute approximate surface area is 332 Å². The second kappa shape index (κ2) is 15.6. The van der Waals surface area contributed by atoms with Crippen molar-refractivity contribution in [3.63, 3.8) is 0 Å². The summed E-state index contributed by atoms with van der Waals surface area (Å²) in [6.07, 6.45) is 8.32. The van der Waals surface area contributed by atoms with Crippen molar-refractivity contribution < 1.29 is 27.9 Å². The second-order valence-corrected chi connectivity index (χ2v) is 15.4. The molecule has 5 heterocycles. The number of ether oxygens (including phenoxy) is 1. The van der Waals surface area contributed by atoms with Crippen LogP contribution in [0.15, 0.2) is 71.9 Å². The van der Waals surface area contributed by atoms with E-state index in [1.165, 1.54) is 30.0 Å². The number of imide groups is 1. The van der Waals surface area contributed by atoms with Crippen LogP contribution in [0.25, 0.3) is 21.9 Å². The molecule has 3 aliphatic rings. The number of carbonyl (C=O) groups excluding carboxylic acids is 3. The predicted octanol–water partition coefficient (Wildman–Crippen LogP) is 6.42. The highest BCUT2D eigenvalue weighted by molar-refractivity contribution is 6.34. The molecule has 0 radical (unpaired) electrons. The molecule has 11 nitrogen and oxygen atoms in total. The molecule has 0 bridgehead atoms. The van der Waals surface area contributed by atoms with Gasteiger partial charge in [-0.2, -0.15) is 0 Å². The smallest absolute Gasteiger partial charge is 0.259 e. The van der Waals surface area contributed by atoms with Gasteiger partial charge in [0, 0.05) is 75.1 Å². The van der Waals surface area contributed by atoms with Crippen LogP contribution in [0.5, 0.6) is 5.75 Å². The normalized spacial score (nSPS) is 17.4. The third kappa shape index (κ3) is 7.43. The number of halogens is 3. The van der Waals surface area contributed by atoms with Crippen LogP contribution in [0.1, 0.15) is 52.7 Å². The SMILES string of the molecule is COc1cc(-c2cn(C)c(=O)c3cnccc23)cc(Cl)c1C(=O)N1CCc2c(CC3CCN(c4ccc(NC5CCC(=O)NC5=O)cc4F)CC3)ccc(F)c2C1. The Morgan fingerprint density at radius 1 is 0.965 bits per heavy atom. The molecule has 0 aliphatic carbocycles. The largest absolute Gasteiger partial charge is 0.496 e. The molecule has 2 aromatic heterocycles. The van der Waals surface area contributed by atoms with Crippen molar-refractivity contribution in [2.24, 2.45) is 13.0 Å². The van der Waals surface area contributed by atoms with E-state index in [2.05, 4.69) is 15.6 Å². The minimum atomic E-state index is -0.593. The van der Waals surface area contributed by atoms with Crippen LogP contribution in [0.2, 0.25) is 5.02 Å². The highest BCUT2D eigenvalue weighted by Gasteiger charge is 2.31. The lowest BCUT2D eigenvalue weighted by atomic mass is 9.85. The van der Waals surface area contributed by atoms with Gasteiger partial charge < -0.3 is 24.4 Å². The number of piperidine rings is 2. The number of aryl methyl sites for hydroxylation is 1. The van der Waals surface area contributed by atoms with Crippen LogP contribution >= 0.6 is 11.6 Å². The molecule has 14 heteroatoms. The summed E-state index contributed by atoms with van der Waals surface area (Å²) < 4.78 is 38.0. The van der Waals surface area contributed by atoms with E-state index in [0.29, 0.717) is 71.7 Å². The number of rotatable bonds is 8. The Morgan fingerprint density at radius 2 is 1.77 bits per heavy atom. The maximum Gasteiger partial charge on any atom is 0.259 e. The number of aromatic nitrogens is 2. The van der Waals surface area contributed by atoms with Crippen LogP contribution in [0.3, 0.4) is 0 Å². The van der Waals surface area contributed by atoms with Gasteiger partial charge in [0.25, 0.3) is 11.5 Å². The molecule has 2 N–H and O–H groups in total. The van der Waals surface area contributed by atoms with Crippen LogP contribution in [0.4, 0.5) is 20.2 Å². The topological polar surface area (TPSA) is 126 Å². The summed E-state index contributed by atoms with van der Waals surface area (Å²) in [5, 5.41) is 6.66. The lowest BCUT2D eigenvalue weighted by molar-refractivity contribution is -0.133. The minimum Gasteiger partial charge on any atom is -0.496 e. The molecule has 1 atom stereocenters. The van der Waals surface area contributed by atoms with Gasteiger partial charge in [-0.25, -0.2) is 8.78 Å². The van der Waals surface area contributed by atoms with Crippen LogP contribution in [-0.2, 0) is 36.0 Å². The van der Waals surface area contributed by atoms with Crippen molar-refractivity contribution in [3.8, 4) is 16.9 Å². The average Bonchev–Trinajstić information content (AvgIpc) is 3.21. The fourth-order valence-electron chi connectivity index (χ4n) is 8.46. The number of hydrogen-bond acceptors (Lipinski definition) is 8. The summed E-state index contributed by atoms with van der Waals surface area (Å²) in [5.74, 6) is -1.25. The summed E-state index contributed by atoms with van der Waals surface area (Å²) in [5.41, 5.74) is 4.84. The number of nitrogens with zero attached hydrogens (tertiary/aromatic N) is 4. The zero-order chi connectivity index (χ0) is 40.0. The summed E-state index contributed by atoms with van der Waals surface area (Å²) in [6, 6.07) is 12.8. The number of nitrogens with one attached hydrogen (secondary N) is 2. The van der Waals surface area contributed by atoms with E-state index in [1.54, 1.807) is 54.7 Å². The van der Waals surface area contributed by atoms with Gasteiger partial charge in [0.05, 0.1) is 23.2 Å². The Hall–Kier alpha value is -5.82. The van der Waals surface area contributed by atoms with Crippen molar-refractivity contribution in [2.75, 3.05) is 37.0 Å². The zero-order valence-corrected chi connectivity index (χ0v) is 32.3. The maximum atomic E-state index is 15.5. The third-order valence-corrected chi connectivity index (χ3v) is 11.8. The molecule has 3 aliphatic heterocycles. The Morgan fingerprint density at radius 3 is 2.53 bits per heavy atom. The molecule has 2 fully saturated rings. The molecule has 3 amide bonds. The summed E-state index contributed by atoms with van der Waals surface area (Å²) in [7, 11) is 3.13. The van der Waals surface area contributed by atoms with E-state index in [0.717, 1.165) is 36.0 Å². The molecule has 5 aromatic rings. The molecular weight excluding hydrogens is 754 g/mol. The monoisotopic (exact) mass is 794 g/mol. The number of methoxy groups -OCH3 is 1. The number of hydrogen-bond donors (Lipinski definition) is 2. The molecular formula is C43H41ClF2N6O5. The predicted molar refractivity (Wildman–Crippen MR) is 214 cm³/mol. The quantitative estimate of drug-likeness (QED) is 0.173. The maximum absolute atomic E-state index is 15.5. The number of pyridine rings is 2. The Balaban J connectivity index is 0.940. The van der Waals surface area contributed by atoms with E-state index in [4.69, 9.17) is 16.3 Å². The summed E-state index contributed by atoms with van der Waals surface area (Å²) in [6.45, 7) is 1.77. The van der Waals surface area contributed by atoms with E-state index < -0.39 is 11.9 Å². The van der Waals surface area contributed by atoms with E-state index in [9.17, 15) is 19.2 Å². The van der Waals surface area contributed by atoms with Gasteiger partial charge in [-0.1, -0.05) is 17.7 Å². The summed E-state index contributed by atoms with van der Waals surface area (Å²) in [4.78, 5) is 58.2. The molecule has 2 saturated heterocycles. The number of carbonyl (C=O) groups is 3. The molecule has 8 rings (SSSR count). The third-order valence-electron chi connectivity index (χ3n) is 11.5. The van der Waals surface area contributed by atoms with E-state index >= 15 is 8.78 Å². The molecule has 3 aromatic carbocycles. The first-order valence-electron chi connectivity index (χ1n) is 19.0. The zero-order valence-electron chi connectivity index (χ0n) is 31.5. The fraction of sp³-hybridized carbons (Fsp3) is 0.326.